The number of nitrogens with zero attached hydrogens (tertiary/aromatic N) is 1. The van der Waals surface area contributed by atoms with Gasteiger partial charge in [0.1, 0.15) is 0 Å². The predicted molar refractivity (Wildman–Crippen MR) is 55.8 cm³/mol. The Balaban J connectivity index is 2.42. The number of amides is 1. The van der Waals surface area contributed by atoms with Gasteiger partial charge in [0.2, 0.25) is 5.91 Å². The number of hydrogen-bond acceptors (Lipinski definition) is 3. The summed E-state index contributed by atoms with van der Waals surface area (Å²) in [6.07, 6.45) is 4.44. The van der Waals surface area contributed by atoms with E-state index >= 15 is 0 Å². The van der Waals surface area contributed by atoms with Crippen LogP contribution >= 0.6 is 0 Å². The molecule has 0 radical (unpaired) electrons. The van der Waals surface area contributed by atoms with Crippen LogP contribution in [0.3, 0.4) is 0 Å². The standard InChI is InChI=1S/C10H15N3O/c1-2-8(11)7-10(14)13-9-3-5-12-6-4-9/h3-6,8H,2,7,11H2,1H3,(H,12,13,14). The van der Waals surface area contributed by atoms with Gasteiger partial charge < -0.3 is 11.1 Å². The first-order chi connectivity index (χ1) is 6.72. The summed E-state index contributed by atoms with van der Waals surface area (Å²) in [5.74, 6) is -0.0504. The van der Waals surface area contributed by atoms with E-state index in [-0.39, 0.29) is 11.9 Å². The largest absolute Gasteiger partial charge is 0.327 e. The van der Waals surface area contributed by atoms with E-state index in [0.717, 1.165) is 12.1 Å². The van der Waals surface area contributed by atoms with Crippen LogP contribution in [-0.2, 0) is 4.79 Å². The number of carbonyl (C=O) groups is 1. The van der Waals surface area contributed by atoms with Crippen LogP contribution in [0.25, 0.3) is 0 Å². The van der Waals surface area contributed by atoms with Gasteiger partial charge in [0.05, 0.1) is 0 Å². The topological polar surface area (TPSA) is 68.0 Å². The molecule has 0 spiro atoms. The van der Waals surface area contributed by atoms with E-state index in [2.05, 4.69) is 10.3 Å². The maximum absolute atomic E-state index is 11.4. The minimum atomic E-state index is -0.0585. The Hall–Kier alpha value is -1.42. The van der Waals surface area contributed by atoms with Crippen LogP contribution in [0, 0.1) is 0 Å². The number of nitrogens with two attached hydrogens (primary N) is 1. The first kappa shape index (κ1) is 10.7. The fourth-order valence-corrected chi connectivity index (χ4v) is 1.03. The highest BCUT2D eigenvalue weighted by molar-refractivity contribution is 5.90. The van der Waals surface area contributed by atoms with Crippen LogP contribution in [0.4, 0.5) is 5.69 Å². The molecule has 76 valence electrons. The van der Waals surface area contributed by atoms with E-state index < -0.39 is 0 Å². The number of rotatable bonds is 4. The molecule has 1 aromatic heterocycles. The van der Waals surface area contributed by atoms with Crippen molar-refractivity contribution in [3.63, 3.8) is 0 Å². The minimum Gasteiger partial charge on any atom is -0.327 e. The highest BCUT2D eigenvalue weighted by Crippen LogP contribution is 2.04. The van der Waals surface area contributed by atoms with Crippen molar-refractivity contribution in [1.82, 2.24) is 4.98 Å². The molecule has 4 heteroatoms. The zero-order chi connectivity index (χ0) is 10.4. The molecule has 0 aliphatic rings. The van der Waals surface area contributed by atoms with Crippen LogP contribution in [0.1, 0.15) is 19.8 Å². The second-order valence-electron chi connectivity index (χ2n) is 3.16. The van der Waals surface area contributed by atoms with Crippen molar-refractivity contribution >= 4 is 11.6 Å². The normalized spacial score (nSPS) is 12.1. The zero-order valence-electron chi connectivity index (χ0n) is 8.23. The van der Waals surface area contributed by atoms with Crippen molar-refractivity contribution in [3.05, 3.63) is 24.5 Å². The van der Waals surface area contributed by atoms with Crippen LogP contribution in [0.2, 0.25) is 0 Å². The quantitative estimate of drug-likeness (QED) is 0.753. The van der Waals surface area contributed by atoms with Crippen LogP contribution < -0.4 is 11.1 Å². The zero-order valence-corrected chi connectivity index (χ0v) is 8.23. The highest BCUT2D eigenvalue weighted by atomic mass is 16.1. The van der Waals surface area contributed by atoms with E-state index in [1.807, 2.05) is 6.92 Å². The predicted octanol–water partition coefficient (Wildman–Crippen LogP) is 1.15. The summed E-state index contributed by atoms with van der Waals surface area (Å²) in [7, 11) is 0. The number of hydrogen-bond donors (Lipinski definition) is 2. The second-order valence-corrected chi connectivity index (χ2v) is 3.16. The molecule has 3 N–H and O–H groups in total. The molecule has 4 nitrogen and oxygen atoms in total. The van der Waals surface area contributed by atoms with Gasteiger partial charge in [-0.2, -0.15) is 0 Å². The van der Waals surface area contributed by atoms with Gasteiger partial charge in [0, 0.05) is 30.5 Å². The molecular formula is C10H15N3O. The molecule has 1 amide bonds. The average molecular weight is 193 g/mol. The molecule has 0 bridgehead atoms. The Kier molecular flexibility index (Phi) is 4.07. The number of aromatic nitrogens is 1. The van der Waals surface area contributed by atoms with E-state index in [1.165, 1.54) is 0 Å². The van der Waals surface area contributed by atoms with E-state index in [4.69, 9.17) is 5.73 Å². The SMILES string of the molecule is CCC(N)CC(=O)Nc1ccncc1. The van der Waals surface area contributed by atoms with Crippen LogP contribution in [-0.4, -0.2) is 16.9 Å². The lowest BCUT2D eigenvalue weighted by Crippen LogP contribution is -2.26. The molecule has 0 saturated heterocycles. The van der Waals surface area contributed by atoms with Crippen LogP contribution in [0.5, 0.6) is 0 Å². The third-order valence-electron chi connectivity index (χ3n) is 1.94. The molecule has 14 heavy (non-hydrogen) atoms. The van der Waals surface area contributed by atoms with Gasteiger partial charge in [0.15, 0.2) is 0 Å². The van der Waals surface area contributed by atoms with Gasteiger partial charge in [0.25, 0.3) is 0 Å². The summed E-state index contributed by atoms with van der Waals surface area (Å²) >= 11 is 0. The Morgan fingerprint density at radius 1 is 1.57 bits per heavy atom. The molecule has 1 unspecified atom stereocenters. The Labute approximate surface area is 83.5 Å². The number of anilines is 1. The summed E-state index contributed by atoms with van der Waals surface area (Å²) in [4.78, 5) is 15.2. The second kappa shape index (κ2) is 5.34. The summed E-state index contributed by atoms with van der Waals surface area (Å²) in [6.45, 7) is 1.96. The lowest BCUT2D eigenvalue weighted by molar-refractivity contribution is -0.116. The molecule has 0 fully saturated rings. The lowest BCUT2D eigenvalue weighted by Gasteiger charge is -2.08. The summed E-state index contributed by atoms with van der Waals surface area (Å²) in [5.41, 5.74) is 6.41. The summed E-state index contributed by atoms with van der Waals surface area (Å²) in [5, 5.41) is 2.75. The van der Waals surface area contributed by atoms with Crippen molar-refractivity contribution in [2.45, 2.75) is 25.8 Å². The third-order valence-corrected chi connectivity index (χ3v) is 1.94. The summed E-state index contributed by atoms with van der Waals surface area (Å²) in [6, 6.07) is 3.43. The molecule has 1 atom stereocenters. The fraction of sp³-hybridized carbons (Fsp3) is 0.400. The molecule has 0 saturated carbocycles. The van der Waals surface area contributed by atoms with E-state index in [9.17, 15) is 4.79 Å². The number of carbonyl (C=O) groups excluding carboxylic acids is 1. The van der Waals surface area contributed by atoms with Gasteiger partial charge in [-0.05, 0) is 18.6 Å². The molecular weight excluding hydrogens is 178 g/mol. The highest BCUT2D eigenvalue weighted by Gasteiger charge is 2.07. The minimum absolute atomic E-state index is 0.0504. The monoisotopic (exact) mass is 193 g/mol. The van der Waals surface area contributed by atoms with Crippen LogP contribution in [0.15, 0.2) is 24.5 Å². The molecule has 0 aliphatic carbocycles. The first-order valence-electron chi connectivity index (χ1n) is 4.68. The van der Waals surface area contributed by atoms with E-state index in [0.29, 0.717) is 6.42 Å². The van der Waals surface area contributed by atoms with Gasteiger partial charge in [-0.15, -0.1) is 0 Å². The number of pyridine rings is 1. The maximum atomic E-state index is 11.4. The Morgan fingerprint density at radius 2 is 2.21 bits per heavy atom. The molecule has 1 rings (SSSR count). The third kappa shape index (κ3) is 3.53. The van der Waals surface area contributed by atoms with Gasteiger partial charge >= 0.3 is 0 Å². The maximum Gasteiger partial charge on any atom is 0.225 e. The van der Waals surface area contributed by atoms with Gasteiger partial charge in [-0.25, -0.2) is 0 Å². The molecule has 0 aliphatic heterocycles. The van der Waals surface area contributed by atoms with Gasteiger partial charge in [-0.3, -0.25) is 9.78 Å². The number of nitrogens with one attached hydrogen (secondary N) is 1. The van der Waals surface area contributed by atoms with E-state index in [1.54, 1.807) is 24.5 Å². The Bertz CT molecular complexity index is 287. The van der Waals surface area contributed by atoms with Crippen molar-refractivity contribution in [2.24, 2.45) is 5.73 Å². The Morgan fingerprint density at radius 3 is 2.79 bits per heavy atom. The average Bonchev–Trinajstić information content (AvgIpc) is 2.19. The molecule has 0 aromatic carbocycles. The summed E-state index contributed by atoms with van der Waals surface area (Å²) < 4.78 is 0. The molecule has 1 heterocycles. The van der Waals surface area contributed by atoms with Crippen molar-refractivity contribution < 1.29 is 4.79 Å². The smallest absolute Gasteiger partial charge is 0.225 e. The first-order valence-corrected chi connectivity index (χ1v) is 4.68. The van der Waals surface area contributed by atoms with Crippen molar-refractivity contribution in [2.75, 3.05) is 5.32 Å². The lowest BCUT2D eigenvalue weighted by atomic mass is 10.1. The molecule has 1 aromatic rings. The van der Waals surface area contributed by atoms with Crippen molar-refractivity contribution in [1.29, 1.82) is 0 Å². The fourth-order valence-electron chi connectivity index (χ4n) is 1.03. The van der Waals surface area contributed by atoms with Gasteiger partial charge in [-0.1, -0.05) is 6.92 Å². The van der Waals surface area contributed by atoms with Crippen molar-refractivity contribution in [3.8, 4) is 0 Å².